The molecular weight excluding hydrogens is 231 g/mol. The quantitative estimate of drug-likeness (QED) is 0.225. The standard InChI is InChI=1S/C2H5IOS2/c1-2-5-6(2,3)4/h2,6H,1H3. The third-order valence-electron chi connectivity index (χ3n) is 0.685. The molecule has 1 heterocycles. The Kier molecular flexibility index (Phi) is 1.21. The van der Waals surface area contributed by atoms with Crippen LogP contribution >= 0.6 is 32.0 Å². The van der Waals surface area contributed by atoms with Gasteiger partial charge in [0, 0.05) is 21.2 Å². The van der Waals surface area contributed by atoms with Crippen LogP contribution in [0, 0.1) is 0 Å². The molecule has 1 fully saturated rings. The molecule has 0 aromatic rings. The van der Waals surface area contributed by atoms with Crippen LogP contribution in [0.2, 0.25) is 0 Å². The fraction of sp³-hybridized carbons (Fsp3) is 1.00. The first-order chi connectivity index (χ1) is 2.63. The molecule has 1 unspecified atom stereocenters. The topological polar surface area (TPSA) is 17.1 Å². The number of halogens is 1. The average Bonchev–Trinajstić information content (AvgIpc) is 1.73. The Hall–Kier alpha value is 1.23. The lowest BCUT2D eigenvalue weighted by molar-refractivity contribution is 0.693. The molecule has 0 radical (unpaired) electrons. The maximum Gasteiger partial charge on any atom is 0.0834 e. The van der Waals surface area contributed by atoms with Crippen molar-refractivity contribution in [1.82, 2.24) is 0 Å². The van der Waals surface area contributed by atoms with Crippen molar-refractivity contribution in [3.63, 3.8) is 0 Å². The number of hydrogen-bond acceptors (Lipinski definition) is 2. The van der Waals surface area contributed by atoms with E-state index >= 15 is 0 Å². The zero-order valence-corrected chi connectivity index (χ0v) is 7.09. The molecule has 0 N–H and O–H groups in total. The van der Waals surface area contributed by atoms with Crippen LogP contribution in [-0.4, -0.2) is 8.79 Å². The second-order valence-corrected chi connectivity index (χ2v) is 12.8. The van der Waals surface area contributed by atoms with Crippen LogP contribution in [-0.2, 0) is 6.14 Å². The van der Waals surface area contributed by atoms with Crippen LogP contribution in [0.3, 0.4) is 0 Å². The summed E-state index contributed by atoms with van der Waals surface area (Å²) in [4.78, 5) is 0. The molecule has 0 bridgehead atoms. The molecular formula is C2H5IOS2. The summed E-state index contributed by atoms with van der Waals surface area (Å²) in [6.45, 7) is 2.00. The summed E-state index contributed by atoms with van der Waals surface area (Å²) < 4.78 is 11.1. The SMILES string of the molecule is CC1S[SH]1(=O)I. The van der Waals surface area contributed by atoms with Crippen LogP contribution in [0.1, 0.15) is 6.92 Å². The molecule has 1 atom stereocenters. The van der Waals surface area contributed by atoms with E-state index in [1.807, 2.05) is 28.1 Å². The summed E-state index contributed by atoms with van der Waals surface area (Å²) >= 11 is 2.03. The van der Waals surface area contributed by atoms with Gasteiger partial charge in [-0.05, 0) is 13.1 Å². The molecule has 0 aromatic heterocycles. The lowest BCUT2D eigenvalue weighted by Gasteiger charge is -1.75. The van der Waals surface area contributed by atoms with E-state index in [0.29, 0.717) is 4.58 Å². The van der Waals surface area contributed by atoms with Crippen LogP contribution in [0.5, 0.6) is 0 Å². The number of rotatable bonds is 0. The van der Waals surface area contributed by atoms with Crippen molar-refractivity contribution in [2.24, 2.45) is 0 Å². The fourth-order valence-corrected chi connectivity index (χ4v) is 7.09. The van der Waals surface area contributed by atoms with Crippen LogP contribution in [0.15, 0.2) is 0 Å². The first kappa shape index (κ1) is 5.37. The Bertz CT molecular complexity index is 112. The van der Waals surface area contributed by atoms with Crippen molar-refractivity contribution < 1.29 is 4.21 Å². The molecule has 6 heavy (non-hydrogen) atoms. The number of hydrogen-bond donors (Lipinski definition) is 1. The van der Waals surface area contributed by atoms with E-state index in [0.717, 1.165) is 0 Å². The highest BCUT2D eigenvalue weighted by Crippen LogP contribution is 2.56. The summed E-state index contributed by atoms with van der Waals surface area (Å²) in [5, 5.41) is 0. The highest BCUT2D eigenvalue weighted by molar-refractivity contribution is 14.2. The van der Waals surface area contributed by atoms with E-state index < -0.39 is 6.14 Å². The van der Waals surface area contributed by atoms with E-state index in [2.05, 4.69) is 0 Å². The van der Waals surface area contributed by atoms with E-state index in [4.69, 9.17) is 0 Å². The first-order valence-corrected chi connectivity index (χ1v) is 7.65. The van der Waals surface area contributed by atoms with Gasteiger partial charge in [-0.1, -0.05) is 10.8 Å². The van der Waals surface area contributed by atoms with Gasteiger partial charge in [0.1, 0.15) is 0 Å². The largest absolute Gasteiger partial charge is 0.264 e. The maximum absolute atomic E-state index is 10.6. The normalized spacial score (nSPS) is 44.7. The minimum Gasteiger partial charge on any atom is -0.264 e. The second kappa shape index (κ2) is 1.35. The van der Waals surface area contributed by atoms with E-state index in [1.165, 1.54) is 0 Å². The molecule has 0 amide bonds. The molecule has 4 heteroatoms. The molecule has 0 saturated carbocycles. The van der Waals surface area contributed by atoms with Gasteiger partial charge < -0.3 is 0 Å². The third-order valence-corrected chi connectivity index (χ3v) is 10.7. The molecule has 38 valence electrons. The van der Waals surface area contributed by atoms with Gasteiger partial charge in [0.25, 0.3) is 0 Å². The summed E-state index contributed by atoms with van der Waals surface area (Å²) in [5.41, 5.74) is 0. The summed E-state index contributed by atoms with van der Waals surface area (Å²) in [6.07, 6.45) is -1.59. The lowest BCUT2D eigenvalue weighted by atomic mass is 11.0. The molecule has 1 aliphatic rings. The molecule has 0 aromatic carbocycles. The third kappa shape index (κ3) is 0.894. The Balaban J connectivity index is 2.64. The zero-order valence-electron chi connectivity index (χ0n) is 3.22. The van der Waals surface area contributed by atoms with Crippen LogP contribution in [0.25, 0.3) is 0 Å². The van der Waals surface area contributed by atoms with Crippen molar-refractivity contribution in [2.75, 3.05) is 0 Å². The smallest absolute Gasteiger partial charge is 0.0834 e. The van der Waals surface area contributed by atoms with E-state index in [9.17, 15) is 4.21 Å². The molecule has 1 aliphatic heterocycles. The van der Waals surface area contributed by atoms with Crippen LogP contribution < -0.4 is 0 Å². The molecule has 0 spiro atoms. The molecule has 1 saturated heterocycles. The van der Waals surface area contributed by atoms with Crippen molar-refractivity contribution in [1.29, 1.82) is 0 Å². The number of thiol groups is 1. The van der Waals surface area contributed by atoms with E-state index in [-0.39, 0.29) is 0 Å². The minimum atomic E-state index is -1.59. The molecule has 1 rings (SSSR count). The highest BCUT2D eigenvalue weighted by Gasteiger charge is 2.38. The first-order valence-electron chi connectivity index (χ1n) is 1.61. The summed E-state index contributed by atoms with van der Waals surface area (Å²) in [6, 6.07) is 0. The van der Waals surface area contributed by atoms with Crippen molar-refractivity contribution in [2.45, 2.75) is 11.5 Å². The Morgan fingerprint density at radius 3 is 2.17 bits per heavy atom. The molecule has 0 aliphatic carbocycles. The van der Waals surface area contributed by atoms with Gasteiger partial charge in [0.2, 0.25) is 0 Å². The monoisotopic (exact) mass is 236 g/mol. The zero-order chi connectivity index (χ0) is 4.78. The van der Waals surface area contributed by atoms with E-state index in [1.54, 1.807) is 10.8 Å². The van der Waals surface area contributed by atoms with Gasteiger partial charge in [-0.15, -0.1) is 0 Å². The lowest BCUT2D eigenvalue weighted by Crippen LogP contribution is -1.74. The fourth-order valence-electron chi connectivity index (χ4n) is 0.181. The maximum atomic E-state index is 10.6. The van der Waals surface area contributed by atoms with Gasteiger partial charge in [-0.3, -0.25) is 4.21 Å². The average molecular weight is 236 g/mol. The Morgan fingerprint density at radius 2 is 2.17 bits per heavy atom. The second-order valence-electron chi connectivity index (χ2n) is 1.23. The van der Waals surface area contributed by atoms with Gasteiger partial charge in [-0.25, -0.2) is 0 Å². The molecule has 1 nitrogen and oxygen atoms in total. The van der Waals surface area contributed by atoms with Gasteiger partial charge in [0.15, 0.2) is 0 Å². The predicted octanol–water partition coefficient (Wildman–Crippen LogP) is 1.36. The van der Waals surface area contributed by atoms with Gasteiger partial charge in [0.05, 0.1) is 4.58 Å². The Labute approximate surface area is 53.7 Å². The Morgan fingerprint density at radius 1 is 2.00 bits per heavy atom. The predicted molar refractivity (Wildman–Crippen MR) is 40.6 cm³/mol. The van der Waals surface area contributed by atoms with Crippen molar-refractivity contribution in [3.05, 3.63) is 0 Å². The van der Waals surface area contributed by atoms with Gasteiger partial charge in [-0.2, -0.15) is 0 Å². The summed E-state index contributed by atoms with van der Waals surface area (Å²) in [5.74, 6) is 0. The minimum absolute atomic E-state index is 0.457. The summed E-state index contributed by atoms with van der Waals surface area (Å²) in [7, 11) is 1.59. The van der Waals surface area contributed by atoms with Crippen molar-refractivity contribution in [3.8, 4) is 0 Å². The van der Waals surface area contributed by atoms with Crippen molar-refractivity contribution >= 4 is 38.1 Å². The van der Waals surface area contributed by atoms with Crippen LogP contribution in [0.4, 0.5) is 0 Å². The van der Waals surface area contributed by atoms with Gasteiger partial charge >= 0.3 is 0 Å². The highest BCUT2D eigenvalue weighted by atomic mass is 127.